The van der Waals surface area contributed by atoms with E-state index >= 15 is 0 Å². The molecule has 31 heavy (non-hydrogen) atoms. The minimum atomic E-state index is -0.211. The molecular formula is C20H44N4O4S3. The highest BCUT2D eigenvalue weighted by atomic mass is 32.1. The Morgan fingerprint density at radius 2 is 1.03 bits per heavy atom. The summed E-state index contributed by atoms with van der Waals surface area (Å²) in [5, 5.41) is 11.3. The van der Waals surface area contributed by atoms with Gasteiger partial charge in [0.1, 0.15) is 6.73 Å². The van der Waals surface area contributed by atoms with Gasteiger partial charge in [0.05, 0.1) is 21.6 Å². The zero-order valence-corrected chi connectivity index (χ0v) is 23.3. The number of thiocarbonyl (C=S) groups is 3. The number of methoxy groups -OCH3 is 1. The topological polar surface area (TPSA) is 101 Å². The van der Waals surface area contributed by atoms with Gasteiger partial charge in [-0.1, -0.05) is 36.7 Å². The fourth-order valence-electron chi connectivity index (χ4n) is 1.12. The molecule has 8 nitrogen and oxygen atoms in total. The highest BCUT2D eigenvalue weighted by Crippen LogP contribution is 1.69. The van der Waals surface area contributed by atoms with Gasteiger partial charge in [-0.2, -0.15) is 0 Å². The van der Waals surface area contributed by atoms with Crippen LogP contribution in [0.1, 0.15) is 62.3 Å². The Morgan fingerprint density at radius 3 is 1.06 bits per heavy atom. The molecule has 0 aromatic heterocycles. The zero-order chi connectivity index (χ0) is 25.7. The van der Waals surface area contributed by atoms with Gasteiger partial charge in [0.2, 0.25) is 5.91 Å². The lowest BCUT2D eigenvalue weighted by Gasteiger charge is -1.98. The van der Waals surface area contributed by atoms with Crippen LogP contribution in [0.15, 0.2) is 0 Å². The highest BCUT2D eigenvalue weighted by Gasteiger charge is 1.82. The second-order valence-electron chi connectivity index (χ2n) is 5.35. The molecule has 0 aliphatic heterocycles. The summed E-state index contributed by atoms with van der Waals surface area (Å²) in [7, 11) is 1.62. The van der Waals surface area contributed by atoms with Crippen molar-refractivity contribution in [1.82, 2.24) is 21.3 Å². The lowest BCUT2D eigenvalue weighted by atomic mass is 10.6. The molecule has 1 amide bonds. The number of rotatable bonds is 6. The first kappa shape index (κ1) is 40.0. The number of amides is 1. The molecule has 0 rings (SSSR count). The van der Waals surface area contributed by atoms with Crippen molar-refractivity contribution in [2.45, 2.75) is 62.3 Å². The Labute approximate surface area is 206 Å². The first-order chi connectivity index (χ1) is 14.4. The molecule has 0 spiro atoms. The normalized spacial score (nSPS) is 7.81. The van der Waals surface area contributed by atoms with Gasteiger partial charge in [-0.05, 0) is 48.5 Å². The van der Waals surface area contributed by atoms with Crippen LogP contribution < -0.4 is 21.3 Å². The molecule has 0 saturated heterocycles. The Hall–Kier alpha value is -1.43. The molecule has 0 bridgehead atoms. The second kappa shape index (κ2) is 36.0. The van der Waals surface area contributed by atoms with Crippen LogP contribution >= 0.6 is 36.7 Å². The summed E-state index contributed by atoms with van der Waals surface area (Å²) in [6.45, 7) is 19.8. The first-order valence-electron chi connectivity index (χ1n) is 9.95. The highest BCUT2D eigenvalue weighted by molar-refractivity contribution is 7.80. The maximum absolute atomic E-state index is 9.93. The van der Waals surface area contributed by atoms with E-state index in [0.29, 0.717) is 13.3 Å². The summed E-state index contributed by atoms with van der Waals surface area (Å²) >= 11 is 14.0. The average Bonchev–Trinajstić information content (AvgIpc) is 2.61. The lowest BCUT2D eigenvalue weighted by molar-refractivity contribution is -0.140. The molecule has 0 atom stereocenters. The third-order valence-electron chi connectivity index (χ3n) is 2.09. The number of hydrogen-bond donors (Lipinski definition) is 4. The number of nitrogens with one attached hydrogen (secondary N) is 4. The van der Waals surface area contributed by atoms with Gasteiger partial charge in [0.25, 0.3) is 0 Å². The third kappa shape index (κ3) is 95.0. The van der Waals surface area contributed by atoms with Crippen molar-refractivity contribution in [3.8, 4) is 0 Å². The molecule has 0 aromatic rings. The SMILES string of the molecule is CCNC(C)=O.CCNC(C)=S.CCNC(C)=S.CCOC(C)=O.COCNC(C)=S. The van der Waals surface area contributed by atoms with Crippen LogP contribution in [0.3, 0.4) is 0 Å². The van der Waals surface area contributed by atoms with E-state index < -0.39 is 0 Å². The van der Waals surface area contributed by atoms with Crippen LogP contribution in [0.4, 0.5) is 0 Å². The molecular weight excluding hydrogens is 456 g/mol. The van der Waals surface area contributed by atoms with Crippen LogP contribution in [0.5, 0.6) is 0 Å². The predicted molar refractivity (Wildman–Crippen MR) is 144 cm³/mol. The fraction of sp³-hybridized carbons (Fsp3) is 0.750. The lowest BCUT2D eigenvalue weighted by Crippen LogP contribution is -2.20. The standard InChI is InChI=1S/C4H9NOS.C4H9NO.2C4H9NS.C4H8O2/c1-4(7)5-3-6-2;3*1-3-5-4(2)6;1-3-6-4(2)5/h3H2,1-2H3,(H,5,7);3*3H2,1-2H3,(H,5,6);3H2,1-2H3. The average molecular weight is 501 g/mol. The van der Waals surface area contributed by atoms with E-state index in [9.17, 15) is 9.59 Å². The van der Waals surface area contributed by atoms with Crippen LogP contribution in [0, 0.1) is 0 Å². The number of carbonyl (C=O) groups is 2. The molecule has 4 N–H and O–H groups in total. The summed E-state index contributed by atoms with van der Waals surface area (Å²) in [6, 6.07) is 0. The third-order valence-corrected chi connectivity index (χ3v) is 2.52. The summed E-state index contributed by atoms with van der Waals surface area (Å²) in [4.78, 5) is 22.3. The fourth-order valence-corrected chi connectivity index (χ4v) is 1.47. The number of hydrogen-bond acceptors (Lipinski definition) is 7. The van der Waals surface area contributed by atoms with E-state index in [0.717, 1.165) is 34.6 Å². The van der Waals surface area contributed by atoms with E-state index in [2.05, 4.69) is 67.4 Å². The van der Waals surface area contributed by atoms with Gasteiger partial charge in [0.15, 0.2) is 0 Å². The monoisotopic (exact) mass is 500 g/mol. The molecule has 11 heteroatoms. The van der Waals surface area contributed by atoms with Crippen molar-refractivity contribution in [2.24, 2.45) is 0 Å². The van der Waals surface area contributed by atoms with Crippen molar-refractivity contribution in [1.29, 1.82) is 0 Å². The van der Waals surface area contributed by atoms with Crippen LogP contribution in [0.2, 0.25) is 0 Å². The summed E-state index contributed by atoms with van der Waals surface area (Å²) in [5.41, 5.74) is 0. The van der Waals surface area contributed by atoms with Crippen LogP contribution in [-0.2, 0) is 19.1 Å². The molecule has 0 aromatic carbocycles. The number of carbonyl (C=O) groups excluding carboxylic acids is 2. The Bertz CT molecular complexity index is 402. The summed E-state index contributed by atoms with van der Waals surface area (Å²) < 4.78 is 9.06. The van der Waals surface area contributed by atoms with Crippen molar-refractivity contribution in [3.63, 3.8) is 0 Å². The first-order valence-corrected chi connectivity index (χ1v) is 11.2. The molecule has 0 aliphatic carbocycles. The largest absolute Gasteiger partial charge is 0.466 e. The van der Waals surface area contributed by atoms with Gasteiger partial charge < -0.3 is 30.7 Å². The maximum atomic E-state index is 9.93. The molecule has 0 heterocycles. The van der Waals surface area contributed by atoms with E-state index in [-0.39, 0.29) is 11.9 Å². The molecule has 0 saturated carbocycles. The van der Waals surface area contributed by atoms with Gasteiger partial charge in [-0.3, -0.25) is 9.59 Å². The minimum absolute atomic E-state index is 0.0394. The van der Waals surface area contributed by atoms with Crippen LogP contribution in [0.25, 0.3) is 0 Å². The number of esters is 1. The van der Waals surface area contributed by atoms with Crippen LogP contribution in [-0.4, -0.2) is 66.9 Å². The van der Waals surface area contributed by atoms with Crippen molar-refractivity contribution in [3.05, 3.63) is 0 Å². The smallest absolute Gasteiger partial charge is 0.302 e. The zero-order valence-electron chi connectivity index (χ0n) is 20.9. The second-order valence-corrected chi connectivity index (χ2v) is 7.19. The molecule has 0 aliphatic rings. The van der Waals surface area contributed by atoms with Crippen molar-refractivity contribution >= 4 is 63.5 Å². The number of ether oxygens (including phenoxy) is 2. The molecule has 0 radical (unpaired) electrons. The molecule has 0 fully saturated rings. The van der Waals surface area contributed by atoms with Gasteiger partial charge in [0, 0.05) is 40.6 Å². The maximum Gasteiger partial charge on any atom is 0.302 e. The quantitative estimate of drug-likeness (QED) is 0.247. The van der Waals surface area contributed by atoms with Gasteiger partial charge in [-0.15, -0.1) is 0 Å². The van der Waals surface area contributed by atoms with E-state index in [1.54, 1.807) is 14.0 Å². The van der Waals surface area contributed by atoms with Gasteiger partial charge >= 0.3 is 5.97 Å². The van der Waals surface area contributed by atoms with E-state index in [4.69, 9.17) is 0 Å². The Kier molecular flexibility index (Phi) is 46.4. The van der Waals surface area contributed by atoms with E-state index in [1.165, 1.54) is 13.8 Å². The molecule has 186 valence electrons. The Balaban J connectivity index is -0.0000000910. The van der Waals surface area contributed by atoms with E-state index in [1.807, 2.05) is 41.5 Å². The summed E-state index contributed by atoms with van der Waals surface area (Å²) in [5.74, 6) is -0.171. The van der Waals surface area contributed by atoms with Gasteiger partial charge in [-0.25, -0.2) is 0 Å². The predicted octanol–water partition coefficient (Wildman–Crippen LogP) is 3.13. The Morgan fingerprint density at radius 1 is 0.677 bits per heavy atom. The van der Waals surface area contributed by atoms with Crippen molar-refractivity contribution in [2.75, 3.05) is 40.1 Å². The van der Waals surface area contributed by atoms with Crippen molar-refractivity contribution < 1.29 is 19.1 Å². The summed E-state index contributed by atoms with van der Waals surface area (Å²) in [6.07, 6.45) is 0. The molecule has 0 unspecified atom stereocenters. The minimum Gasteiger partial charge on any atom is -0.466 e.